The number of carbonyl (C=O) groups is 1. The van der Waals surface area contributed by atoms with Gasteiger partial charge in [0, 0.05) is 42.4 Å². The third-order valence-corrected chi connectivity index (χ3v) is 5.81. The van der Waals surface area contributed by atoms with E-state index in [9.17, 15) is 27.6 Å². The van der Waals surface area contributed by atoms with Crippen LogP contribution in [-0.2, 0) is 11.2 Å². The molecule has 1 fully saturated rings. The summed E-state index contributed by atoms with van der Waals surface area (Å²) in [5, 5.41) is 15.5. The van der Waals surface area contributed by atoms with Crippen LogP contribution in [0, 0.1) is 11.6 Å². The average Bonchev–Trinajstić information content (AvgIpc) is 3.19. The van der Waals surface area contributed by atoms with Crippen molar-refractivity contribution in [1.82, 2.24) is 15.0 Å². The molecule has 0 saturated carbocycles. The monoisotopic (exact) mass is 480 g/mol. The van der Waals surface area contributed by atoms with E-state index in [4.69, 9.17) is 4.52 Å². The molecule has 1 amide bonds. The second-order valence-corrected chi connectivity index (χ2v) is 8.20. The number of anilines is 1. The van der Waals surface area contributed by atoms with Crippen LogP contribution in [-0.4, -0.2) is 51.2 Å². The Hall–Kier alpha value is -3.54. The molecule has 1 aliphatic rings. The Morgan fingerprint density at radius 1 is 1.29 bits per heavy atom. The van der Waals surface area contributed by atoms with Gasteiger partial charge in [0.05, 0.1) is 18.4 Å². The van der Waals surface area contributed by atoms with Crippen LogP contribution >= 0.6 is 0 Å². The Morgan fingerprint density at radius 2 is 1.97 bits per heavy atom. The lowest BCUT2D eigenvalue weighted by atomic mass is 9.87. The maximum atomic E-state index is 14.6. The fourth-order valence-corrected chi connectivity index (χ4v) is 3.94. The molecule has 0 unspecified atom stereocenters. The number of rotatable bonds is 6. The van der Waals surface area contributed by atoms with Crippen LogP contribution in [0.4, 0.5) is 23.5 Å². The Balaban J connectivity index is 1.40. The molecule has 0 radical (unpaired) electrons. The van der Waals surface area contributed by atoms with Gasteiger partial charge in [-0.15, -0.1) is 0 Å². The zero-order valence-corrected chi connectivity index (χ0v) is 18.1. The maximum Gasteiger partial charge on any atom is 0.270 e. The fraction of sp³-hybridized carbons (Fsp3) is 0.364. The molecule has 1 aromatic carbocycles. The average molecular weight is 480 g/mol. The predicted octanol–water partition coefficient (Wildman–Crippen LogP) is 2.92. The molecule has 3 aromatic rings. The van der Waals surface area contributed by atoms with Crippen LogP contribution in [0.1, 0.15) is 36.3 Å². The zero-order valence-electron chi connectivity index (χ0n) is 18.1. The molecular weight excluding hydrogens is 458 g/mol. The summed E-state index contributed by atoms with van der Waals surface area (Å²) in [4.78, 5) is 18.4. The summed E-state index contributed by atoms with van der Waals surface area (Å²) in [7, 11) is 0. The lowest BCUT2D eigenvalue weighted by molar-refractivity contribution is -0.904. The highest BCUT2D eigenvalue weighted by molar-refractivity contribution is 5.93. The van der Waals surface area contributed by atoms with E-state index in [1.807, 2.05) is 0 Å². The van der Waals surface area contributed by atoms with Gasteiger partial charge in [-0.2, -0.15) is 4.98 Å². The molecule has 2 aromatic heterocycles. The largest absolute Gasteiger partial charge is 0.337 e. The van der Waals surface area contributed by atoms with Crippen LogP contribution in [0.15, 0.2) is 47.2 Å². The second-order valence-electron chi connectivity index (χ2n) is 8.20. The Kier molecular flexibility index (Phi) is 6.51. The number of nitrogens with one attached hydrogen (secondary N) is 1. The third kappa shape index (κ3) is 5.33. The van der Waals surface area contributed by atoms with Gasteiger partial charge in [0.25, 0.3) is 11.9 Å². The van der Waals surface area contributed by atoms with Crippen molar-refractivity contribution < 1.29 is 36.8 Å². The predicted molar refractivity (Wildman–Crippen MR) is 109 cm³/mol. The van der Waals surface area contributed by atoms with Crippen molar-refractivity contribution in [1.29, 1.82) is 0 Å². The first-order valence-corrected chi connectivity index (χ1v) is 10.5. The Bertz CT molecular complexity index is 1150. The maximum absolute atomic E-state index is 14.6. The molecule has 0 bridgehead atoms. The fourth-order valence-electron chi connectivity index (χ4n) is 3.94. The molecule has 1 aliphatic heterocycles. The van der Waals surface area contributed by atoms with Gasteiger partial charge in [0.15, 0.2) is 0 Å². The first-order chi connectivity index (χ1) is 16.1. The number of benzene rings is 1. The number of halogens is 4. The summed E-state index contributed by atoms with van der Waals surface area (Å²) >= 11 is 0. The topological polar surface area (TPSA) is 95.4 Å². The highest BCUT2D eigenvalue weighted by atomic mass is 19.3. The van der Waals surface area contributed by atoms with E-state index in [0.29, 0.717) is 5.56 Å². The summed E-state index contributed by atoms with van der Waals surface area (Å²) in [6.45, 7) is 1.52. The molecule has 2 atom stereocenters. The van der Waals surface area contributed by atoms with Crippen molar-refractivity contribution in [2.45, 2.75) is 37.6 Å². The number of likely N-dealkylation sites (tertiary alicyclic amines) is 1. The van der Waals surface area contributed by atoms with Crippen LogP contribution in [0.3, 0.4) is 0 Å². The van der Waals surface area contributed by atoms with Crippen LogP contribution in [0.5, 0.6) is 0 Å². The minimum absolute atomic E-state index is 0.00749. The number of aromatic nitrogens is 3. The van der Waals surface area contributed by atoms with Crippen LogP contribution in [0.25, 0.3) is 0 Å². The molecule has 0 spiro atoms. The van der Waals surface area contributed by atoms with Crippen molar-refractivity contribution in [3.63, 3.8) is 0 Å². The summed E-state index contributed by atoms with van der Waals surface area (Å²) in [5.74, 6) is -6.22. The number of hydrogen-bond acceptors (Lipinski definition) is 6. The normalized spacial score (nSPS) is 19.0. The summed E-state index contributed by atoms with van der Waals surface area (Å²) in [5.41, 5.74) is 0.629. The van der Waals surface area contributed by atoms with Gasteiger partial charge in [-0.1, -0.05) is 0 Å². The molecule has 3 heterocycles. The smallest absolute Gasteiger partial charge is 0.270 e. The zero-order chi connectivity index (χ0) is 24.5. The van der Waals surface area contributed by atoms with Gasteiger partial charge in [-0.25, -0.2) is 17.6 Å². The van der Waals surface area contributed by atoms with Crippen LogP contribution < -0.4 is 10.0 Å². The van der Waals surface area contributed by atoms with Crippen molar-refractivity contribution in [2.75, 3.05) is 18.4 Å². The highest BCUT2D eigenvalue weighted by Gasteiger charge is 2.46. The standard InChI is InChI=1S/C22H21F4N5O3/c1-13(30-7-4-22(25,26)18(12-30)15-2-5-31(33)6-3-15)20(32)28-21-27-19(34-29-21)10-14-8-16(23)11-17(24)9-14/h2-3,5-6,8-9,11,13,18H,4,7,10,12H2,1H3,(H-,28,29,32,33)/p+1/t13-,18+/m0/s1. The molecule has 34 heavy (non-hydrogen) atoms. The van der Waals surface area contributed by atoms with Crippen molar-refractivity contribution in [3.05, 3.63) is 71.4 Å². The molecule has 180 valence electrons. The van der Waals surface area contributed by atoms with E-state index in [1.54, 1.807) is 11.8 Å². The summed E-state index contributed by atoms with van der Waals surface area (Å²) < 4.78 is 61.7. The molecule has 0 aliphatic carbocycles. The molecule has 8 nitrogen and oxygen atoms in total. The van der Waals surface area contributed by atoms with E-state index in [0.717, 1.165) is 22.9 Å². The van der Waals surface area contributed by atoms with Crippen molar-refractivity contribution >= 4 is 11.9 Å². The first kappa shape index (κ1) is 23.6. The molecule has 4 rings (SSSR count). The highest BCUT2D eigenvalue weighted by Crippen LogP contribution is 2.40. The van der Waals surface area contributed by atoms with E-state index in [1.165, 1.54) is 24.5 Å². The van der Waals surface area contributed by atoms with E-state index in [-0.39, 0.29) is 36.9 Å². The number of nitrogens with zero attached hydrogens (tertiary/aromatic N) is 4. The number of carbonyl (C=O) groups excluding carboxylic acids is 1. The number of piperidine rings is 1. The van der Waals surface area contributed by atoms with Gasteiger partial charge < -0.3 is 4.52 Å². The van der Waals surface area contributed by atoms with Gasteiger partial charge in [-0.3, -0.25) is 20.2 Å². The molecule has 2 N–H and O–H groups in total. The lowest BCUT2D eigenvalue weighted by Crippen LogP contribution is -2.52. The number of amides is 1. The van der Waals surface area contributed by atoms with E-state index >= 15 is 0 Å². The quantitative estimate of drug-likeness (QED) is 0.320. The van der Waals surface area contributed by atoms with E-state index < -0.39 is 41.8 Å². The van der Waals surface area contributed by atoms with Crippen molar-refractivity contribution in [3.8, 4) is 0 Å². The minimum Gasteiger partial charge on any atom is -0.337 e. The van der Waals surface area contributed by atoms with Crippen molar-refractivity contribution in [2.24, 2.45) is 0 Å². The SMILES string of the molecule is C[C@@H](C(=O)Nc1noc(Cc2cc(F)cc(F)c2)n1)N1CCC(F)(F)[C@@H](c2cc[n+](O)cc2)C1. The number of hydrogen-bond donors (Lipinski definition) is 2. The van der Waals surface area contributed by atoms with Gasteiger partial charge in [0.2, 0.25) is 24.2 Å². The second kappa shape index (κ2) is 9.37. The number of alkyl halides is 2. The first-order valence-electron chi connectivity index (χ1n) is 10.5. The minimum atomic E-state index is -2.96. The molecule has 12 heteroatoms. The number of pyridine rings is 1. The van der Waals surface area contributed by atoms with Gasteiger partial charge in [-0.05, 0) is 35.3 Å². The Morgan fingerprint density at radius 3 is 2.65 bits per heavy atom. The Labute approximate surface area is 191 Å². The summed E-state index contributed by atoms with van der Waals surface area (Å²) in [6, 6.07) is 5.05. The third-order valence-electron chi connectivity index (χ3n) is 5.81. The van der Waals surface area contributed by atoms with E-state index in [2.05, 4.69) is 15.5 Å². The van der Waals surface area contributed by atoms with Gasteiger partial charge >= 0.3 is 0 Å². The molecular formula is C22H22F4N5O3+. The molecule has 1 saturated heterocycles. The van der Waals surface area contributed by atoms with Gasteiger partial charge in [0.1, 0.15) is 11.6 Å². The summed E-state index contributed by atoms with van der Waals surface area (Å²) in [6.07, 6.45) is 2.07. The lowest BCUT2D eigenvalue weighted by Gasteiger charge is -2.40. The van der Waals surface area contributed by atoms with Crippen LogP contribution in [0.2, 0.25) is 0 Å².